The fourth-order valence-corrected chi connectivity index (χ4v) is 3.13. The van der Waals surface area contributed by atoms with Crippen LogP contribution in [0.3, 0.4) is 0 Å². The minimum Gasteiger partial charge on any atom is -0.492 e. The number of nitrogens with zero attached hydrogens (tertiary/aromatic N) is 1. The average molecular weight is 447 g/mol. The van der Waals surface area contributed by atoms with Crippen LogP contribution in [0, 0.1) is 5.92 Å². The predicted molar refractivity (Wildman–Crippen MR) is 114 cm³/mol. The maximum atomic E-state index is 13.0. The molecule has 0 heterocycles. The largest absolute Gasteiger partial charge is 0.492 e. The number of primary amides is 1. The van der Waals surface area contributed by atoms with Gasteiger partial charge in [-0.1, -0.05) is 44.2 Å². The van der Waals surface area contributed by atoms with Crippen LogP contribution in [0.15, 0.2) is 53.0 Å². The number of rotatable bonds is 10. The summed E-state index contributed by atoms with van der Waals surface area (Å²) in [5.74, 6) is 0.695. The summed E-state index contributed by atoms with van der Waals surface area (Å²) in [5.41, 5.74) is 6.81. The Kier molecular flexibility index (Phi) is 8.51. The van der Waals surface area contributed by atoms with E-state index < -0.39 is 5.91 Å². The zero-order valence-electron chi connectivity index (χ0n) is 16.4. The fraction of sp³-hybridized carbons (Fsp3) is 0.364. The van der Waals surface area contributed by atoms with Crippen LogP contribution in [0.5, 0.6) is 5.75 Å². The topological polar surface area (TPSA) is 72.6 Å². The Hall–Kier alpha value is -2.34. The highest BCUT2D eigenvalue weighted by atomic mass is 79.9. The highest BCUT2D eigenvalue weighted by Crippen LogP contribution is 2.27. The summed E-state index contributed by atoms with van der Waals surface area (Å²) in [4.78, 5) is 25.9. The molecule has 6 heteroatoms. The molecule has 0 saturated carbocycles. The van der Waals surface area contributed by atoms with E-state index in [2.05, 4.69) is 29.8 Å². The minimum atomic E-state index is -0.430. The molecule has 5 nitrogen and oxygen atoms in total. The Labute approximate surface area is 175 Å². The van der Waals surface area contributed by atoms with E-state index in [1.54, 1.807) is 23.1 Å². The van der Waals surface area contributed by atoms with Gasteiger partial charge in [0.05, 0.1) is 11.1 Å². The first-order valence-electron chi connectivity index (χ1n) is 9.40. The number of amides is 2. The number of ether oxygens (including phenoxy) is 1. The zero-order chi connectivity index (χ0) is 20.5. The lowest BCUT2D eigenvalue weighted by Gasteiger charge is -2.23. The Bertz CT molecular complexity index is 794. The summed E-state index contributed by atoms with van der Waals surface area (Å²) in [6.45, 7) is 5.61. The summed E-state index contributed by atoms with van der Waals surface area (Å²) >= 11 is 3.49. The Morgan fingerprint density at radius 1 is 1.14 bits per heavy atom. The third kappa shape index (κ3) is 7.00. The molecule has 0 aliphatic carbocycles. The number of nitrogens with two attached hydrogens (primary N) is 1. The quantitative estimate of drug-likeness (QED) is 0.587. The van der Waals surface area contributed by atoms with Gasteiger partial charge in [0, 0.05) is 25.1 Å². The molecule has 0 saturated heterocycles. The normalized spacial score (nSPS) is 10.7. The van der Waals surface area contributed by atoms with Crippen LogP contribution in [0.25, 0.3) is 0 Å². The molecule has 2 aromatic carbocycles. The van der Waals surface area contributed by atoms with Crippen molar-refractivity contribution in [3.63, 3.8) is 0 Å². The van der Waals surface area contributed by atoms with E-state index in [0.717, 1.165) is 16.5 Å². The van der Waals surface area contributed by atoms with Crippen molar-refractivity contribution in [3.05, 3.63) is 64.1 Å². The van der Waals surface area contributed by atoms with Crippen LogP contribution in [0.4, 0.5) is 0 Å². The van der Waals surface area contributed by atoms with Crippen molar-refractivity contribution in [3.8, 4) is 5.75 Å². The van der Waals surface area contributed by atoms with Crippen LogP contribution in [-0.2, 0) is 11.3 Å². The molecule has 0 atom stereocenters. The van der Waals surface area contributed by atoms with Crippen molar-refractivity contribution in [1.82, 2.24) is 4.90 Å². The maximum absolute atomic E-state index is 13.0. The highest BCUT2D eigenvalue weighted by molar-refractivity contribution is 9.10. The summed E-state index contributed by atoms with van der Waals surface area (Å²) in [7, 11) is 0. The smallest absolute Gasteiger partial charge is 0.254 e. The molecule has 0 fully saturated rings. The van der Waals surface area contributed by atoms with Crippen molar-refractivity contribution in [1.29, 1.82) is 0 Å². The van der Waals surface area contributed by atoms with Crippen molar-refractivity contribution >= 4 is 27.7 Å². The van der Waals surface area contributed by atoms with Crippen LogP contribution in [0.1, 0.15) is 42.6 Å². The number of halogens is 1. The molecule has 2 N–H and O–H groups in total. The van der Waals surface area contributed by atoms with Gasteiger partial charge in [0.15, 0.2) is 0 Å². The molecule has 0 aliphatic heterocycles. The van der Waals surface area contributed by atoms with Gasteiger partial charge in [-0.25, -0.2) is 0 Å². The van der Waals surface area contributed by atoms with Gasteiger partial charge in [-0.05, 0) is 52.0 Å². The number of carbonyl (C=O) groups is 2. The van der Waals surface area contributed by atoms with Crippen molar-refractivity contribution in [2.45, 2.75) is 33.2 Å². The lowest BCUT2D eigenvalue weighted by Crippen LogP contribution is -2.33. The predicted octanol–water partition coefficient (Wildman–Crippen LogP) is 4.39. The highest BCUT2D eigenvalue weighted by Gasteiger charge is 2.18. The van der Waals surface area contributed by atoms with E-state index in [1.807, 2.05) is 30.3 Å². The molecule has 0 bridgehead atoms. The number of carbonyl (C=O) groups excluding carboxylic acids is 2. The summed E-state index contributed by atoms with van der Waals surface area (Å²) in [5, 5.41) is 0. The van der Waals surface area contributed by atoms with Gasteiger partial charge in [-0.3, -0.25) is 9.59 Å². The molecule has 2 rings (SSSR count). The first-order valence-corrected chi connectivity index (χ1v) is 10.2. The lowest BCUT2D eigenvalue weighted by molar-refractivity contribution is -0.118. The standard InChI is InChI=1S/C22H27BrN2O3/c1-16(2)11-13-28-20-9-8-18(14-19(20)23)22(27)25(12-10-21(24)26)15-17-6-4-3-5-7-17/h3-9,14,16H,10-13,15H2,1-2H3,(H2,24,26). The van der Waals surface area contributed by atoms with Gasteiger partial charge in [-0.2, -0.15) is 0 Å². The second kappa shape index (κ2) is 10.9. The summed E-state index contributed by atoms with van der Waals surface area (Å²) < 4.78 is 6.52. The lowest BCUT2D eigenvalue weighted by atomic mass is 10.1. The first kappa shape index (κ1) is 22.0. The van der Waals surface area contributed by atoms with Crippen molar-refractivity contribution in [2.24, 2.45) is 11.7 Å². The molecule has 0 unspecified atom stereocenters. The van der Waals surface area contributed by atoms with Gasteiger partial charge in [0.2, 0.25) is 5.91 Å². The Balaban J connectivity index is 2.13. The molecule has 2 aromatic rings. The van der Waals surface area contributed by atoms with Gasteiger partial charge in [-0.15, -0.1) is 0 Å². The Morgan fingerprint density at radius 2 is 1.86 bits per heavy atom. The minimum absolute atomic E-state index is 0.121. The van der Waals surface area contributed by atoms with Gasteiger partial charge in [0.25, 0.3) is 5.91 Å². The Morgan fingerprint density at radius 3 is 2.46 bits per heavy atom. The van der Waals surface area contributed by atoms with Crippen LogP contribution >= 0.6 is 15.9 Å². The van der Waals surface area contributed by atoms with Crippen LogP contribution in [0.2, 0.25) is 0 Å². The van der Waals surface area contributed by atoms with Crippen molar-refractivity contribution < 1.29 is 14.3 Å². The molecule has 0 spiro atoms. The van der Waals surface area contributed by atoms with E-state index >= 15 is 0 Å². The molecule has 2 amide bonds. The maximum Gasteiger partial charge on any atom is 0.254 e. The van der Waals surface area contributed by atoms with Crippen molar-refractivity contribution in [2.75, 3.05) is 13.2 Å². The van der Waals surface area contributed by atoms with Crippen LogP contribution in [-0.4, -0.2) is 29.9 Å². The average Bonchev–Trinajstić information content (AvgIpc) is 2.66. The third-order valence-corrected chi connectivity index (χ3v) is 4.88. The van der Waals surface area contributed by atoms with E-state index in [9.17, 15) is 9.59 Å². The molecule has 150 valence electrons. The third-order valence-electron chi connectivity index (χ3n) is 4.26. The zero-order valence-corrected chi connectivity index (χ0v) is 17.9. The SMILES string of the molecule is CC(C)CCOc1ccc(C(=O)N(CCC(N)=O)Cc2ccccc2)cc1Br. The van der Waals surface area contributed by atoms with E-state index in [1.165, 1.54) is 0 Å². The van der Waals surface area contributed by atoms with Crippen LogP contribution < -0.4 is 10.5 Å². The van der Waals surface area contributed by atoms with E-state index in [0.29, 0.717) is 30.4 Å². The molecule has 28 heavy (non-hydrogen) atoms. The number of benzene rings is 2. The molecular weight excluding hydrogens is 420 g/mol. The number of hydrogen-bond donors (Lipinski definition) is 1. The molecule has 0 radical (unpaired) electrons. The number of hydrogen-bond acceptors (Lipinski definition) is 3. The van der Waals surface area contributed by atoms with Gasteiger partial charge in [0.1, 0.15) is 5.75 Å². The molecule has 0 aliphatic rings. The van der Waals surface area contributed by atoms with E-state index in [4.69, 9.17) is 10.5 Å². The van der Waals surface area contributed by atoms with Gasteiger partial charge >= 0.3 is 0 Å². The van der Waals surface area contributed by atoms with Gasteiger partial charge < -0.3 is 15.4 Å². The second-order valence-corrected chi connectivity index (χ2v) is 7.96. The fourth-order valence-electron chi connectivity index (χ4n) is 2.64. The molecular formula is C22H27BrN2O3. The summed E-state index contributed by atoms with van der Waals surface area (Å²) in [6.07, 6.45) is 1.08. The molecule has 0 aromatic heterocycles. The first-order chi connectivity index (χ1) is 13.4. The monoisotopic (exact) mass is 446 g/mol. The van der Waals surface area contributed by atoms with E-state index in [-0.39, 0.29) is 18.9 Å². The summed E-state index contributed by atoms with van der Waals surface area (Å²) in [6, 6.07) is 15.0. The second-order valence-electron chi connectivity index (χ2n) is 7.10.